The zero-order valence-corrected chi connectivity index (χ0v) is 53.1. The molecule has 0 fully saturated rings. The quantitative estimate of drug-likeness (QED) is 0.0941. The maximum absolute atomic E-state index is 11.7. The van der Waals surface area contributed by atoms with Crippen molar-refractivity contribution in [3.63, 3.8) is 0 Å². The number of hydrogen-bond donors (Lipinski definition) is 6. The predicted octanol–water partition coefficient (Wildman–Crippen LogP) is 2.69. The van der Waals surface area contributed by atoms with Crippen LogP contribution in [0.15, 0.2) is 243 Å². The second kappa shape index (κ2) is 46.8. The van der Waals surface area contributed by atoms with Gasteiger partial charge in [-0.05, 0) is 56.6 Å². The number of carbonyl (C=O) groups excluding carboxylic acids is 2. The van der Waals surface area contributed by atoms with Crippen LogP contribution in [-0.2, 0) is 43.7 Å². The van der Waals surface area contributed by atoms with E-state index >= 15 is 0 Å². The van der Waals surface area contributed by atoms with Crippen molar-refractivity contribution >= 4 is 12.9 Å². The standard InChI is InChI=1S/2C15H12N2O.2C15H11N2O.2CH2O2.4CH4O.2Mn.Na/c4*18-15-9-5-4-8-12(15)14-10-13(16-17-14)11-6-2-1-3-7-11;2*2-1-3;4*1-2;;;/h2*1-10,18H,(H,16,17);2*1-10H,(H-,16,17,18);2*1H,(H,2,3);4*2H,1H3;;;/q;;2*-1;;;;;;;;+3;+1/p-6. The Hall–Kier alpha value is -9.38. The molecule has 1 radical (unpaired) electrons. The number of carboxylic acid groups (broad SMARTS) is 2. The minimum atomic E-state index is -0.500. The van der Waals surface area contributed by atoms with Crippen LogP contribution in [0.2, 0.25) is 0 Å². The zero-order chi connectivity index (χ0) is 62.9. The summed E-state index contributed by atoms with van der Waals surface area (Å²) < 4.78 is 0. The Morgan fingerprint density at radius 3 is 0.809 bits per heavy atom. The molecule has 0 aliphatic rings. The molecule has 4 aromatic heterocycles. The molecule has 0 bridgehead atoms. The summed E-state index contributed by atoms with van der Waals surface area (Å²) in [6.07, 6.45) is 0. The van der Waals surface area contributed by atoms with Crippen molar-refractivity contribution in [3.8, 4) is 113 Å². The van der Waals surface area contributed by atoms with E-state index in [1.165, 1.54) is 12.1 Å². The molecule has 20 nitrogen and oxygen atoms in total. The van der Waals surface area contributed by atoms with Crippen molar-refractivity contribution in [2.45, 2.75) is 0 Å². The van der Waals surface area contributed by atoms with Crippen molar-refractivity contribution in [1.82, 2.24) is 40.8 Å². The number of hydrogen-bond acceptors (Lipinski definition) is 16. The Labute approximate surface area is 558 Å². The first-order chi connectivity index (χ1) is 42.2. The van der Waals surface area contributed by atoms with E-state index in [1.807, 2.05) is 170 Å². The second-order valence-electron chi connectivity index (χ2n) is 16.2. The van der Waals surface area contributed by atoms with Gasteiger partial charge in [-0.3, -0.25) is 10.2 Å². The number of para-hydroxylation sites is 4. The van der Waals surface area contributed by atoms with Gasteiger partial charge in [0.15, 0.2) is 0 Å². The molecule has 0 amide bonds. The van der Waals surface area contributed by atoms with Crippen LogP contribution in [-0.4, -0.2) is 92.4 Å². The topological polar surface area (TPSA) is 365 Å². The maximum Gasteiger partial charge on any atom is 3.00 e. The molecular weight excluding hydrogens is 1230 g/mol. The number of aliphatic hydroxyl groups is 4. The Kier molecular flexibility index (Phi) is 41.9. The zero-order valence-electron chi connectivity index (χ0n) is 48.7. The number of carbonyl (C=O) groups is 2. The van der Waals surface area contributed by atoms with Crippen LogP contribution in [0.25, 0.3) is 90.1 Å². The number of nitrogens with one attached hydrogen (secondary N) is 2. The smallest absolute Gasteiger partial charge is 0.872 e. The number of aromatic nitrogens is 8. The molecular formula is C66H60Mn2N8NaO12-4. The van der Waals surface area contributed by atoms with Gasteiger partial charge in [0, 0.05) is 69.8 Å². The summed E-state index contributed by atoms with van der Waals surface area (Å²) in [7, 11) is 4.00. The molecule has 0 atom stereocenters. The Morgan fingerprint density at radius 2 is 0.562 bits per heavy atom. The second-order valence-corrected chi connectivity index (χ2v) is 16.2. The number of aromatic amines is 2. The van der Waals surface area contributed by atoms with Crippen LogP contribution in [0, 0.1) is 0 Å². The van der Waals surface area contributed by atoms with E-state index < -0.39 is 12.9 Å². The first-order valence-corrected chi connectivity index (χ1v) is 25.5. The first-order valence-electron chi connectivity index (χ1n) is 25.5. The minimum absolute atomic E-state index is 0. The van der Waals surface area contributed by atoms with Gasteiger partial charge >= 0.3 is 46.6 Å². The third kappa shape index (κ3) is 25.5. The number of rotatable bonds is 8. The molecule has 6 N–H and O–H groups in total. The van der Waals surface area contributed by atoms with Gasteiger partial charge in [-0.2, -0.15) is 10.2 Å². The molecule has 0 spiro atoms. The molecule has 455 valence electrons. The van der Waals surface area contributed by atoms with E-state index in [-0.39, 0.29) is 86.7 Å². The van der Waals surface area contributed by atoms with E-state index in [0.717, 1.165) is 73.5 Å². The number of nitrogens with zero attached hydrogens (tertiary/aromatic N) is 6. The molecule has 23 heteroatoms. The van der Waals surface area contributed by atoms with E-state index in [9.17, 15) is 20.4 Å². The van der Waals surface area contributed by atoms with Gasteiger partial charge in [0.2, 0.25) is 0 Å². The molecule has 0 saturated heterocycles. The van der Waals surface area contributed by atoms with Crippen molar-refractivity contribution in [1.29, 1.82) is 0 Å². The van der Waals surface area contributed by atoms with Gasteiger partial charge in [0.05, 0.1) is 22.8 Å². The normalized spacial score (nSPS) is 8.99. The largest absolute Gasteiger partial charge is 3.00 e. The summed E-state index contributed by atoms with van der Waals surface area (Å²) in [5.41, 5.74) is 12.5. The molecule has 12 rings (SSSR count). The average molecular weight is 1290 g/mol. The first kappa shape index (κ1) is 79.6. The third-order valence-corrected chi connectivity index (χ3v) is 11.2. The maximum atomic E-state index is 11.7. The fourth-order valence-electron chi connectivity index (χ4n) is 7.52. The van der Waals surface area contributed by atoms with Crippen LogP contribution < -0.4 is 70.4 Å². The Morgan fingerprint density at radius 1 is 0.348 bits per heavy atom. The minimum Gasteiger partial charge on any atom is -0.872 e. The third-order valence-electron chi connectivity index (χ3n) is 11.2. The summed E-state index contributed by atoms with van der Waals surface area (Å²) in [6.45, 7) is -1.00. The molecule has 0 aliphatic heterocycles. The van der Waals surface area contributed by atoms with Crippen molar-refractivity contribution in [3.05, 3.63) is 243 Å². The summed E-state index contributed by atoms with van der Waals surface area (Å²) in [6, 6.07) is 74.4. The van der Waals surface area contributed by atoms with Gasteiger partial charge in [0.25, 0.3) is 0 Å². The van der Waals surface area contributed by atoms with Gasteiger partial charge in [0.1, 0.15) is 0 Å². The molecule has 4 heterocycles. The number of H-pyrrole nitrogens is 2. The molecule has 0 unspecified atom stereocenters. The van der Waals surface area contributed by atoms with Gasteiger partial charge in [-0.25, -0.2) is 0 Å². The van der Waals surface area contributed by atoms with E-state index in [2.05, 4.69) is 40.8 Å². The van der Waals surface area contributed by atoms with Crippen LogP contribution in [0.3, 0.4) is 0 Å². The Balaban J connectivity index is 0.00000107. The predicted molar refractivity (Wildman–Crippen MR) is 318 cm³/mol. The molecule has 12 aromatic rings. The van der Waals surface area contributed by atoms with Gasteiger partial charge < -0.3 is 81.0 Å². The van der Waals surface area contributed by atoms with Crippen molar-refractivity contribution < 1.29 is 124 Å². The molecule has 0 aliphatic carbocycles. The molecule has 89 heavy (non-hydrogen) atoms. The summed E-state index contributed by atoms with van der Waals surface area (Å²) in [5.74, 6) is -0.0822. The number of benzene rings is 8. The summed E-state index contributed by atoms with van der Waals surface area (Å²) >= 11 is 0. The van der Waals surface area contributed by atoms with Crippen LogP contribution in [0.5, 0.6) is 23.0 Å². The fourth-order valence-corrected chi connectivity index (χ4v) is 7.52. The summed E-state index contributed by atoms with van der Waals surface area (Å²) in [4.78, 5) is 16.5. The monoisotopic (exact) mass is 1290 g/mol. The van der Waals surface area contributed by atoms with Crippen molar-refractivity contribution in [2.24, 2.45) is 0 Å². The van der Waals surface area contributed by atoms with Crippen LogP contribution >= 0.6 is 0 Å². The average Bonchev–Trinajstić information content (AvgIpc) is 4.62. The van der Waals surface area contributed by atoms with Crippen LogP contribution in [0.1, 0.15) is 0 Å². The van der Waals surface area contributed by atoms with Crippen molar-refractivity contribution in [2.75, 3.05) is 28.4 Å². The van der Waals surface area contributed by atoms with Gasteiger partial charge in [-0.1, -0.05) is 254 Å². The molecule has 0 saturated carbocycles. The fraction of sp³-hybridized carbons (Fsp3) is 0.0606. The van der Waals surface area contributed by atoms with E-state index in [1.54, 1.807) is 60.7 Å². The Bertz CT molecular complexity index is 3270. The number of aliphatic hydroxyl groups excluding tert-OH is 4. The van der Waals surface area contributed by atoms with Gasteiger partial charge in [-0.15, -0.1) is 11.4 Å². The van der Waals surface area contributed by atoms with E-state index in [0.29, 0.717) is 45.0 Å². The van der Waals surface area contributed by atoms with E-state index in [4.69, 9.17) is 40.2 Å². The molecule has 8 aromatic carbocycles. The SMILES string of the molecule is CO.CO.CO.CO.O=C[O-].O=C[O-].[Mn+3].[Mn].[Na+].[O-]c1ccccc1-c1cc(-c2ccccc2)[n-]n1.[O-]c1ccccc1-c1cc(-c2ccccc2)[n-]n1.[O-]c1ccccc1-c1cc(-c2ccccc2)[nH]n1.[O-]c1ccccc1-c1cc(-c2ccccc2)[nH]n1. The van der Waals surface area contributed by atoms with Crippen LogP contribution in [0.4, 0.5) is 0 Å². The summed E-state index contributed by atoms with van der Waals surface area (Å²) in [5, 5.41) is 122.